The van der Waals surface area contributed by atoms with Gasteiger partial charge in [-0.3, -0.25) is 19.4 Å². The normalized spacial score (nSPS) is 14.4. The van der Waals surface area contributed by atoms with Crippen LogP contribution < -0.4 is 0 Å². The van der Waals surface area contributed by atoms with Gasteiger partial charge in [0.2, 0.25) is 0 Å². The topological polar surface area (TPSA) is 58.4 Å². The summed E-state index contributed by atoms with van der Waals surface area (Å²) in [6.45, 7) is 6.58. The summed E-state index contributed by atoms with van der Waals surface area (Å²) in [6, 6.07) is 28.3. The molecule has 1 aromatic heterocycles. The number of piperazine rings is 1. The number of carbonyl (C=O) groups excluding carboxylic acids is 2. The molecule has 5 rings (SSSR count). The van der Waals surface area contributed by atoms with E-state index in [1.165, 1.54) is 11.1 Å². The van der Waals surface area contributed by atoms with Crippen molar-refractivity contribution in [3.05, 3.63) is 125 Å². The number of aromatic nitrogens is 2. The molecule has 0 bridgehead atoms. The molecule has 0 atom stereocenters. The molecule has 0 spiro atoms. The third kappa shape index (κ3) is 6.91. The SMILES string of the molecule is O=C(CC(=O)c1cncn1CCN1CCN(Cc2ccccc2)CC1)c1cccc(Cc2ccccc2)c1. The number of Topliss-reactive ketones (excluding diaryl/α,β-unsaturated/α-hetero) is 2. The zero-order chi connectivity index (χ0) is 26.2. The second-order valence-electron chi connectivity index (χ2n) is 9.96. The Morgan fingerprint density at radius 1 is 0.684 bits per heavy atom. The summed E-state index contributed by atoms with van der Waals surface area (Å²) in [5.74, 6) is -0.346. The van der Waals surface area contributed by atoms with Gasteiger partial charge >= 0.3 is 0 Å². The van der Waals surface area contributed by atoms with Crippen molar-refractivity contribution in [3.63, 3.8) is 0 Å². The highest BCUT2D eigenvalue weighted by molar-refractivity contribution is 6.12. The number of rotatable bonds is 11. The molecule has 3 aromatic carbocycles. The fourth-order valence-corrected chi connectivity index (χ4v) is 5.02. The summed E-state index contributed by atoms with van der Waals surface area (Å²) >= 11 is 0. The van der Waals surface area contributed by atoms with Crippen LogP contribution in [0.3, 0.4) is 0 Å². The predicted octanol–water partition coefficient (Wildman–Crippen LogP) is 4.75. The molecule has 1 aliphatic rings. The van der Waals surface area contributed by atoms with Gasteiger partial charge in [0.1, 0.15) is 5.69 Å². The highest BCUT2D eigenvalue weighted by Crippen LogP contribution is 2.15. The first-order chi connectivity index (χ1) is 18.6. The van der Waals surface area contributed by atoms with Crippen LogP contribution >= 0.6 is 0 Å². The molecular formula is C32H34N4O2. The second-order valence-corrected chi connectivity index (χ2v) is 9.96. The van der Waals surface area contributed by atoms with Crippen LogP contribution in [0.15, 0.2) is 97.5 Å². The van der Waals surface area contributed by atoms with Gasteiger partial charge in [0.15, 0.2) is 11.6 Å². The van der Waals surface area contributed by atoms with Crippen molar-refractivity contribution in [1.82, 2.24) is 19.4 Å². The average molecular weight is 507 g/mol. The van der Waals surface area contributed by atoms with E-state index in [0.717, 1.165) is 51.3 Å². The highest BCUT2D eigenvalue weighted by atomic mass is 16.1. The summed E-state index contributed by atoms with van der Waals surface area (Å²) in [7, 11) is 0. The number of benzene rings is 3. The van der Waals surface area contributed by atoms with Gasteiger partial charge in [-0.2, -0.15) is 0 Å². The molecule has 1 fully saturated rings. The molecule has 0 saturated carbocycles. The van der Waals surface area contributed by atoms with Crippen LogP contribution in [0.4, 0.5) is 0 Å². The summed E-state index contributed by atoms with van der Waals surface area (Å²) < 4.78 is 1.89. The smallest absolute Gasteiger partial charge is 0.188 e. The van der Waals surface area contributed by atoms with E-state index in [-0.39, 0.29) is 18.0 Å². The van der Waals surface area contributed by atoms with E-state index in [4.69, 9.17) is 0 Å². The van der Waals surface area contributed by atoms with Gasteiger partial charge in [-0.15, -0.1) is 0 Å². The zero-order valence-electron chi connectivity index (χ0n) is 21.7. The molecule has 0 amide bonds. The van der Waals surface area contributed by atoms with Crippen LogP contribution in [0.1, 0.15) is 44.0 Å². The standard InChI is InChI=1S/C32H34N4O2/c37-31(29-13-7-12-28(21-29)20-26-8-3-1-4-9-26)22-32(38)30-23-33-25-36(30)19-18-34-14-16-35(17-15-34)24-27-10-5-2-6-11-27/h1-13,21,23,25H,14-20,22,24H2. The first-order valence-corrected chi connectivity index (χ1v) is 13.3. The molecule has 194 valence electrons. The zero-order valence-corrected chi connectivity index (χ0v) is 21.7. The van der Waals surface area contributed by atoms with Crippen LogP contribution in [0, 0.1) is 0 Å². The molecule has 0 N–H and O–H groups in total. The average Bonchev–Trinajstić information content (AvgIpc) is 3.43. The lowest BCUT2D eigenvalue weighted by Gasteiger charge is -2.34. The number of hydrogen-bond acceptors (Lipinski definition) is 5. The Balaban J connectivity index is 1.11. The van der Waals surface area contributed by atoms with Crippen LogP contribution in [0.5, 0.6) is 0 Å². The van der Waals surface area contributed by atoms with E-state index in [2.05, 4.69) is 57.2 Å². The molecule has 1 saturated heterocycles. The lowest BCUT2D eigenvalue weighted by atomic mass is 9.99. The Morgan fingerprint density at radius 2 is 1.34 bits per heavy atom. The van der Waals surface area contributed by atoms with Gasteiger partial charge in [-0.25, -0.2) is 4.98 Å². The number of ketones is 2. The second kappa shape index (κ2) is 12.6. The Labute approximate surface area is 224 Å². The summed E-state index contributed by atoms with van der Waals surface area (Å²) in [5.41, 5.74) is 4.67. The van der Waals surface area contributed by atoms with E-state index < -0.39 is 0 Å². The Kier molecular flexibility index (Phi) is 8.53. The quantitative estimate of drug-likeness (QED) is 0.217. The largest absolute Gasteiger partial charge is 0.327 e. The van der Waals surface area contributed by atoms with Gasteiger partial charge in [-0.05, 0) is 29.2 Å². The lowest BCUT2D eigenvalue weighted by Crippen LogP contribution is -2.46. The van der Waals surface area contributed by atoms with Gasteiger partial charge < -0.3 is 4.57 Å². The summed E-state index contributed by atoms with van der Waals surface area (Å²) in [6.07, 6.45) is 3.88. The maximum Gasteiger partial charge on any atom is 0.188 e. The van der Waals surface area contributed by atoms with Gasteiger partial charge in [0.05, 0.1) is 18.9 Å². The van der Waals surface area contributed by atoms with E-state index in [1.54, 1.807) is 18.6 Å². The molecular weight excluding hydrogens is 472 g/mol. The predicted molar refractivity (Wildman–Crippen MR) is 149 cm³/mol. The van der Waals surface area contributed by atoms with Gasteiger partial charge in [0, 0.05) is 51.4 Å². The van der Waals surface area contributed by atoms with Crippen LogP contribution in [-0.2, 0) is 19.5 Å². The molecule has 1 aliphatic heterocycles. The van der Waals surface area contributed by atoms with E-state index in [0.29, 0.717) is 17.8 Å². The monoisotopic (exact) mass is 506 g/mol. The Morgan fingerprint density at radius 3 is 2.08 bits per heavy atom. The molecule has 6 heteroatoms. The molecule has 6 nitrogen and oxygen atoms in total. The van der Waals surface area contributed by atoms with E-state index in [9.17, 15) is 9.59 Å². The first kappa shape index (κ1) is 25.8. The third-order valence-corrected chi connectivity index (χ3v) is 7.19. The minimum atomic E-state index is -0.186. The van der Waals surface area contributed by atoms with E-state index >= 15 is 0 Å². The van der Waals surface area contributed by atoms with Crippen LogP contribution in [0.2, 0.25) is 0 Å². The lowest BCUT2D eigenvalue weighted by molar-refractivity contribution is 0.0887. The van der Waals surface area contributed by atoms with Crippen molar-refractivity contribution in [2.24, 2.45) is 0 Å². The summed E-state index contributed by atoms with van der Waals surface area (Å²) in [5, 5.41) is 0. The maximum atomic E-state index is 13.1. The number of carbonyl (C=O) groups is 2. The third-order valence-electron chi connectivity index (χ3n) is 7.19. The number of hydrogen-bond donors (Lipinski definition) is 0. The van der Waals surface area contributed by atoms with Crippen molar-refractivity contribution in [3.8, 4) is 0 Å². The molecule has 0 unspecified atom stereocenters. The van der Waals surface area contributed by atoms with Crippen LogP contribution in [0.25, 0.3) is 0 Å². The highest BCUT2D eigenvalue weighted by Gasteiger charge is 2.20. The molecule has 0 aliphatic carbocycles. The van der Waals surface area contributed by atoms with Crippen molar-refractivity contribution in [1.29, 1.82) is 0 Å². The maximum absolute atomic E-state index is 13.1. The number of nitrogens with zero attached hydrogens (tertiary/aromatic N) is 4. The first-order valence-electron chi connectivity index (χ1n) is 13.3. The molecule has 2 heterocycles. The molecule has 0 radical (unpaired) electrons. The summed E-state index contributed by atoms with van der Waals surface area (Å²) in [4.78, 5) is 35.1. The fraction of sp³-hybridized carbons (Fsp3) is 0.281. The van der Waals surface area contributed by atoms with Crippen molar-refractivity contribution >= 4 is 11.6 Å². The van der Waals surface area contributed by atoms with Crippen molar-refractivity contribution < 1.29 is 9.59 Å². The van der Waals surface area contributed by atoms with Gasteiger partial charge in [-0.1, -0.05) is 78.9 Å². The van der Waals surface area contributed by atoms with E-state index in [1.807, 2.05) is 41.0 Å². The molecule has 38 heavy (non-hydrogen) atoms. The fourth-order valence-electron chi connectivity index (χ4n) is 5.02. The number of imidazole rings is 1. The minimum Gasteiger partial charge on any atom is -0.327 e. The Hall–Kier alpha value is -3.87. The van der Waals surface area contributed by atoms with Crippen molar-refractivity contribution in [2.75, 3.05) is 32.7 Å². The van der Waals surface area contributed by atoms with Crippen LogP contribution in [-0.4, -0.2) is 63.6 Å². The Bertz CT molecular complexity index is 1340. The van der Waals surface area contributed by atoms with Gasteiger partial charge in [0.25, 0.3) is 0 Å². The molecule has 4 aromatic rings. The van der Waals surface area contributed by atoms with Crippen molar-refractivity contribution in [2.45, 2.75) is 25.9 Å². The minimum absolute atomic E-state index is 0.154.